The van der Waals surface area contributed by atoms with E-state index in [-0.39, 0.29) is 0 Å². The van der Waals surface area contributed by atoms with Crippen molar-refractivity contribution in [1.82, 2.24) is 4.98 Å². The molecule has 1 atom stereocenters. The fraction of sp³-hybridized carbons (Fsp3) is 0.474. The molecule has 0 saturated carbocycles. The first-order valence-electron chi connectivity index (χ1n) is 8.18. The van der Waals surface area contributed by atoms with Crippen LogP contribution in [0.2, 0.25) is 0 Å². The zero-order valence-electron chi connectivity index (χ0n) is 14.3. The number of carboxylic acid groups (broad SMARTS) is 1. The van der Waals surface area contributed by atoms with Crippen molar-refractivity contribution in [3.8, 4) is 0 Å². The molecule has 0 spiro atoms. The van der Waals surface area contributed by atoms with E-state index in [1.807, 2.05) is 6.92 Å². The Kier molecular flexibility index (Phi) is 3.78. The molecule has 0 amide bonds. The van der Waals surface area contributed by atoms with Crippen LogP contribution in [0.5, 0.6) is 0 Å². The van der Waals surface area contributed by atoms with E-state index in [1.165, 1.54) is 22.1 Å². The number of aryl methyl sites for hydroxylation is 3. The van der Waals surface area contributed by atoms with Gasteiger partial charge >= 0.3 is 5.97 Å². The van der Waals surface area contributed by atoms with Gasteiger partial charge in [0.2, 0.25) is 0 Å². The van der Waals surface area contributed by atoms with Crippen molar-refractivity contribution in [2.24, 2.45) is 5.41 Å². The smallest absolute Gasteiger partial charge is 0.311 e. The van der Waals surface area contributed by atoms with Gasteiger partial charge in [0.1, 0.15) is 5.82 Å². The van der Waals surface area contributed by atoms with Crippen molar-refractivity contribution in [2.75, 3.05) is 18.0 Å². The van der Waals surface area contributed by atoms with Gasteiger partial charge in [0.05, 0.1) is 10.9 Å². The zero-order valence-corrected chi connectivity index (χ0v) is 14.3. The van der Waals surface area contributed by atoms with Crippen LogP contribution in [0.1, 0.15) is 36.5 Å². The molecule has 4 heteroatoms. The Morgan fingerprint density at radius 2 is 2.00 bits per heavy atom. The molecule has 1 unspecified atom stereocenters. The van der Waals surface area contributed by atoms with Crippen LogP contribution < -0.4 is 4.90 Å². The summed E-state index contributed by atoms with van der Waals surface area (Å²) in [4.78, 5) is 18.6. The largest absolute Gasteiger partial charge is 0.481 e. The number of benzene rings is 1. The molecule has 4 nitrogen and oxygen atoms in total. The van der Waals surface area contributed by atoms with E-state index in [0.29, 0.717) is 6.54 Å². The van der Waals surface area contributed by atoms with Crippen molar-refractivity contribution in [3.05, 3.63) is 34.9 Å². The molecule has 2 heterocycles. The summed E-state index contributed by atoms with van der Waals surface area (Å²) in [6.45, 7) is 9.52. The number of carboxylic acids is 1. The van der Waals surface area contributed by atoms with E-state index in [1.54, 1.807) is 0 Å². The van der Waals surface area contributed by atoms with E-state index >= 15 is 0 Å². The lowest BCUT2D eigenvalue weighted by Gasteiger charge is -2.38. The van der Waals surface area contributed by atoms with Crippen molar-refractivity contribution < 1.29 is 9.90 Å². The molecule has 1 aliphatic rings. The molecular formula is C19H24N2O2. The maximum Gasteiger partial charge on any atom is 0.311 e. The van der Waals surface area contributed by atoms with Gasteiger partial charge < -0.3 is 10.0 Å². The molecule has 122 valence electrons. The van der Waals surface area contributed by atoms with Gasteiger partial charge in [0, 0.05) is 18.5 Å². The second kappa shape index (κ2) is 5.52. The highest BCUT2D eigenvalue weighted by Crippen LogP contribution is 2.34. The predicted octanol–water partition coefficient (Wildman–Crippen LogP) is 3.85. The van der Waals surface area contributed by atoms with Gasteiger partial charge in [-0.15, -0.1) is 0 Å². The van der Waals surface area contributed by atoms with Gasteiger partial charge in [-0.3, -0.25) is 4.79 Å². The van der Waals surface area contributed by atoms with Crippen LogP contribution in [0.25, 0.3) is 10.9 Å². The molecule has 23 heavy (non-hydrogen) atoms. The summed E-state index contributed by atoms with van der Waals surface area (Å²) >= 11 is 0. The van der Waals surface area contributed by atoms with Crippen LogP contribution in [-0.2, 0) is 4.79 Å². The molecule has 1 aromatic heterocycles. The van der Waals surface area contributed by atoms with Crippen LogP contribution in [0.4, 0.5) is 5.82 Å². The number of piperidine rings is 1. The summed E-state index contributed by atoms with van der Waals surface area (Å²) in [6, 6.07) is 6.35. The Hall–Kier alpha value is -2.10. The summed E-state index contributed by atoms with van der Waals surface area (Å²) in [5, 5.41) is 10.7. The topological polar surface area (TPSA) is 53.4 Å². The van der Waals surface area contributed by atoms with Crippen molar-refractivity contribution in [2.45, 2.75) is 40.5 Å². The molecule has 1 aromatic carbocycles. The average Bonchev–Trinajstić information content (AvgIpc) is 2.51. The minimum atomic E-state index is -0.716. The maximum atomic E-state index is 11.6. The van der Waals surface area contributed by atoms with Gasteiger partial charge in [0.15, 0.2) is 0 Å². The van der Waals surface area contributed by atoms with Crippen LogP contribution in [0.3, 0.4) is 0 Å². The molecule has 0 radical (unpaired) electrons. The molecule has 1 aliphatic heterocycles. The number of hydrogen-bond acceptors (Lipinski definition) is 3. The third-order valence-electron chi connectivity index (χ3n) is 5.24. The van der Waals surface area contributed by atoms with Crippen LogP contribution >= 0.6 is 0 Å². The zero-order chi connectivity index (χ0) is 16.8. The van der Waals surface area contributed by atoms with Gasteiger partial charge in [0.25, 0.3) is 0 Å². The SMILES string of the molecule is Cc1ccc2c(C)cc(N3CCCC(C)(C(=O)O)C3)nc2c1C. The number of aliphatic carboxylic acids is 1. The number of aromatic nitrogens is 1. The Bertz CT molecular complexity index is 785. The Labute approximate surface area is 137 Å². The average molecular weight is 312 g/mol. The minimum absolute atomic E-state index is 0.519. The normalized spacial score (nSPS) is 21.7. The van der Waals surface area contributed by atoms with Crippen LogP contribution in [0.15, 0.2) is 18.2 Å². The summed E-state index contributed by atoms with van der Waals surface area (Å²) in [5.74, 6) is 0.183. The number of fused-ring (bicyclic) bond motifs is 1. The maximum absolute atomic E-state index is 11.6. The third kappa shape index (κ3) is 2.67. The molecule has 1 saturated heterocycles. The summed E-state index contributed by atoms with van der Waals surface area (Å²) in [5.41, 5.74) is 3.96. The lowest BCUT2D eigenvalue weighted by molar-refractivity contribution is -0.148. The lowest BCUT2D eigenvalue weighted by atomic mass is 9.82. The van der Waals surface area contributed by atoms with Crippen LogP contribution in [-0.4, -0.2) is 29.1 Å². The number of nitrogens with zero attached hydrogens (tertiary/aromatic N) is 2. The van der Waals surface area contributed by atoms with E-state index in [9.17, 15) is 9.90 Å². The van der Waals surface area contributed by atoms with E-state index < -0.39 is 11.4 Å². The van der Waals surface area contributed by atoms with E-state index in [2.05, 4.69) is 43.9 Å². The number of carbonyl (C=O) groups is 1. The molecule has 1 N–H and O–H groups in total. The highest BCUT2D eigenvalue weighted by Gasteiger charge is 2.38. The number of anilines is 1. The fourth-order valence-corrected chi connectivity index (χ4v) is 3.45. The predicted molar refractivity (Wildman–Crippen MR) is 93.1 cm³/mol. The summed E-state index contributed by atoms with van der Waals surface area (Å²) in [6.07, 6.45) is 1.61. The summed E-state index contributed by atoms with van der Waals surface area (Å²) in [7, 11) is 0. The van der Waals surface area contributed by atoms with Crippen molar-refractivity contribution in [1.29, 1.82) is 0 Å². The standard InChI is InChI=1S/C19H24N2O2/c1-12-6-7-15-13(2)10-16(20-17(15)14(12)3)21-9-5-8-19(4,11-21)18(22)23/h6-7,10H,5,8-9,11H2,1-4H3,(H,22,23). The summed E-state index contributed by atoms with van der Waals surface area (Å²) < 4.78 is 0. The highest BCUT2D eigenvalue weighted by atomic mass is 16.4. The van der Waals surface area contributed by atoms with E-state index in [0.717, 1.165) is 30.7 Å². The van der Waals surface area contributed by atoms with Crippen molar-refractivity contribution in [3.63, 3.8) is 0 Å². The molecule has 3 rings (SSSR count). The molecule has 0 bridgehead atoms. The van der Waals surface area contributed by atoms with Gasteiger partial charge in [-0.05, 0) is 63.3 Å². The Balaban J connectivity index is 2.06. The van der Waals surface area contributed by atoms with Crippen molar-refractivity contribution >= 4 is 22.7 Å². The second-order valence-corrected chi connectivity index (χ2v) is 7.09. The third-order valence-corrected chi connectivity index (χ3v) is 5.24. The molecule has 1 fully saturated rings. The number of pyridine rings is 1. The molecule has 0 aliphatic carbocycles. The first kappa shape index (κ1) is 15.8. The quantitative estimate of drug-likeness (QED) is 0.915. The molecular weight excluding hydrogens is 288 g/mol. The fourth-order valence-electron chi connectivity index (χ4n) is 3.45. The first-order valence-corrected chi connectivity index (χ1v) is 8.18. The minimum Gasteiger partial charge on any atom is -0.481 e. The second-order valence-electron chi connectivity index (χ2n) is 7.09. The van der Waals surface area contributed by atoms with Crippen LogP contribution in [0, 0.1) is 26.2 Å². The molecule has 2 aromatic rings. The Morgan fingerprint density at radius 3 is 2.70 bits per heavy atom. The first-order chi connectivity index (χ1) is 10.8. The highest BCUT2D eigenvalue weighted by molar-refractivity contribution is 5.87. The number of rotatable bonds is 2. The monoisotopic (exact) mass is 312 g/mol. The lowest BCUT2D eigenvalue weighted by Crippen LogP contribution is -2.46. The van der Waals surface area contributed by atoms with E-state index in [4.69, 9.17) is 4.98 Å². The van der Waals surface area contributed by atoms with Gasteiger partial charge in [-0.2, -0.15) is 0 Å². The van der Waals surface area contributed by atoms with Gasteiger partial charge in [-0.25, -0.2) is 4.98 Å². The number of hydrogen-bond donors (Lipinski definition) is 1. The van der Waals surface area contributed by atoms with Gasteiger partial charge in [-0.1, -0.05) is 12.1 Å². The Morgan fingerprint density at radius 1 is 1.26 bits per heavy atom.